The van der Waals surface area contributed by atoms with E-state index in [0.29, 0.717) is 5.92 Å². The highest BCUT2D eigenvalue weighted by Crippen LogP contribution is 2.61. The Morgan fingerprint density at radius 3 is 2.60 bits per heavy atom. The second-order valence-electron chi connectivity index (χ2n) is 5.70. The lowest BCUT2D eigenvalue weighted by Gasteiger charge is -2.28. The molecular formula is C12H20O3. The molecule has 0 amide bonds. The fourth-order valence-electron chi connectivity index (χ4n) is 3.10. The molecule has 2 fully saturated rings. The van der Waals surface area contributed by atoms with Gasteiger partial charge in [-0.05, 0) is 24.2 Å². The van der Waals surface area contributed by atoms with Gasteiger partial charge < -0.3 is 9.84 Å². The van der Waals surface area contributed by atoms with Gasteiger partial charge in [0.2, 0.25) is 0 Å². The third-order valence-corrected chi connectivity index (χ3v) is 4.15. The SMILES string of the molecule is CC1CCOC(C2C(C(=O)O)C2(C)C)C1. The van der Waals surface area contributed by atoms with E-state index in [0.717, 1.165) is 19.4 Å². The predicted molar refractivity (Wildman–Crippen MR) is 56.5 cm³/mol. The summed E-state index contributed by atoms with van der Waals surface area (Å²) in [5.74, 6) is 0.0342. The highest BCUT2D eigenvalue weighted by molar-refractivity contribution is 5.75. The quantitative estimate of drug-likeness (QED) is 0.763. The van der Waals surface area contributed by atoms with Crippen molar-refractivity contribution in [1.29, 1.82) is 0 Å². The Kier molecular flexibility index (Phi) is 2.53. The van der Waals surface area contributed by atoms with E-state index in [4.69, 9.17) is 9.84 Å². The minimum Gasteiger partial charge on any atom is -0.481 e. The average Bonchev–Trinajstić information content (AvgIpc) is 2.69. The van der Waals surface area contributed by atoms with Gasteiger partial charge in [-0.1, -0.05) is 20.8 Å². The first-order chi connectivity index (χ1) is 6.94. The normalized spacial score (nSPS) is 43.7. The molecule has 0 bridgehead atoms. The van der Waals surface area contributed by atoms with Gasteiger partial charge in [-0.2, -0.15) is 0 Å². The average molecular weight is 212 g/mol. The molecule has 2 aliphatic rings. The van der Waals surface area contributed by atoms with Crippen LogP contribution >= 0.6 is 0 Å². The largest absolute Gasteiger partial charge is 0.481 e. The summed E-state index contributed by atoms with van der Waals surface area (Å²) in [6.07, 6.45) is 2.31. The molecule has 3 nitrogen and oxygen atoms in total. The van der Waals surface area contributed by atoms with E-state index in [1.54, 1.807) is 0 Å². The van der Waals surface area contributed by atoms with E-state index in [1.165, 1.54) is 0 Å². The van der Waals surface area contributed by atoms with Crippen molar-refractivity contribution < 1.29 is 14.6 Å². The van der Waals surface area contributed by atoms with Crippen LogP contribution < -0.4 is 0 Å². The van der Waals surface area contributed by atoms with Crippen LogP contribution in [0.5, 0.6) is 0 Å². The molecule has 0 radical (unpaired) electrons. The van der Waals surface area contributed by atoms with E-state index in [-0.39, 0.29) is 23.4 Å². The minimum absolute atomic E-state index is 0.0758. The van der Waals surface area contributed by atoms with Crippen molar-refractivity contribution in [3.8, 4) is 0 Å². The molecule has 0 aromatic carbocycles. The van der Waals surface area contributed by atoms with Crippen LogP contribution in [0.25, 0.3) is 0 Å². The Balaban J connectivity index is 2.03. The van der Waals surface area contributed by atoms with Crippen LogP contribution in [0, 0.1) is 23.2 Å². The van der Waals surface area contributed by atoms with Crippen LogP contribution in [0.4, 0.5) is 0 Å². The number of hydrogen-bond acceptors (Lipinski definition) is 2. The van der Waals surface area contributed by atoms with E-state index < -0.39 is 5.97 Å². The molecule has 1 saturated carbocycles. The van der Waals surface area contributed by atoms with Crippen molar-refractivity contribution in [2.45, 2.75) is 39.7 Å². The van der Waals surface area contributed by atoms with Crippen molar-refractivity contribution in [3.63, 3.8) is 0 Å². The predicted octanol–water partition coefficient (Wildman–Crippen LogP) is 2.16. The second-order valence-corrected chi connectivity index (χ2v) is 5.70. The van der Waals surface area contributed by atoms with Gasteiger partial charge in [0.15, 0.2) is 0 Å². The fourth-order valence-corrected chi connectivity index (χ4v) is 3.10. The number of carbonyl (C=O) groups is 1. The first kappa shape index (κ1) is 10.9. The van der Waals surface area contributed by atoms with E-state index in [9.17, 15) is 4.79 Å². The monoisotopic (exact) mass is 212 g/mol. The van der Waals surface area contributed by atoms with Crippen LogP contribution in [-0.4, -0.2) is 23.8 Å². The summed E-state index contributed by atoms with van der Waals surface area (Å²) in [4.78, 5) is 11.1. The van der Waals surface area contributed by atoms with Gasteiger partial charge in [0.25, 0.3) is 0 Å². The maximum Gasteiger partial charge on any atom is 0.307 e. The summed E-state index contributed by atoms with van der Waals surface area (Å²) in [6, 6.07) is 0. The number of rotatable bonds is 2. The van der Waals surface area contributed by atoms with Gasteiger partial charge >= 0.3 is 5.97 Å². The number of hydrogen-bond donors (Lipinski definition) is 1. The molecule has 3 heteroatoms. The van der Waals surface area contributed by atoms with E-state index in [1.807, 2.05) is 13.8 Å². The number of ether oxygens (including phenoxy) is 1. The molecule has 4 unspecified atom stereocenters. The molecule has 1 saturated heterocycles. The maximum atomic E-state index is 11.1. The zero-order chi connectivity index (χ0) is 11.2. The van der Waals surface area contributed by atoms with Crippen molar-refractivity contribution in [2.24, 2.45) is 23.2 Å². The van der Waals surface area contributed by atoms with Gasteiger partial charge in [-0.15, -0.1) is 0 Å². The van der Waals surface area contributed by atoms with Crippen molar-refractivity contribution in [3.05, 3.63) is 0 Å². The summed E-state index contributed by atoms with van der Waals surface area (Å²) >= 11 is 0. The Bertz CT molecular complexity index is 272. The Hall–Kier alpha value is -0.570. The molecular weight excluding hydrogens is 192 g/mol. The highest BCUT2D eigenvalue weighted by atomic mass is 16.5. The Labute approximate surface area is 90.8 Å². The zero-order valence-electron chi connectivity index (χ0n) is 9.69. The Morgan fingerprint density at radius 2 is 2.13 bits per heavy atom. The maximum absolute atomic E-state index is 11.1. The van der Waals surface area contributed by atoms with Crippen LogP contribution in [-0.2, 0) is 9.53 Å². The standard InChI is InChI=1S/C12H20O3/c1-7-4-5-15-8(6-7)9-10(11(13)14)12(9,2)3/h7-10H,4-6H2,1-3H3,(H,13,14). The summed E-state index contributed by atoms with van der Waals surface area (Å²) in [5.41, 5.74) is -0.0758. The van der Waals surface area contributed by atoms with Gasteiger partial charge in [-0.25, -0.2) is 0 Å². The van der Waals surface area contributed by atoms with E-state index in [2.05, 4.69) is 6.92 Å². The summed E-state index contributed by atoms with van der Waals surface area (Å²) in [5, 5.41) is 9.10. The van der Waals surface area contributed by atoms with Crippen molar-refractivity contribution in [2.75, 3.05) is 6.61 Å². The zero-order valence-corrected chi connectivity index (χ0v) is 9.69. The highest BCUT2D eigenvalue weighted by Gasteiger charge is 2.65. The summed E-state index contributed by atoms with van der Waals surface area (Å²) < 4.78 is 5.72. The number of carboxylic acid groups (broad SMARTS) is 1. The second kappa shape index (κ2) is 3.48. The van der Waals surface area contributed by atoms with Crippen LogP contribution in [0.3, 0.4) is 0 Å². The smallest absolute Gasteiger partial charge is 0.307 e. The van der Waals surface area contributed by atoms with Crippen molar-refractivity contribution >= 4 is 5.97 Å². The number of carboxylic acids is 1. The lowest BCUT2D eigenvalue weighted by atomic mass is 9.92. The molecule has 0 aromatic heterocycles. The molecule has 1 aliphatic carbocycles. The third-order valence-electron chi connectivity index (χ3n) is 4.15. The lowest BCUT2D eigenvalue weighted by Crippen LogP contribution is -2.28. The molecule has 1 aliphatic heterocycles. The van der Waals surface area contributed by atoms with Gasteiger partial charge in [0, 0.05) is 12.5 Å². The molecule has 1 heterocycles. The molecule has 0 aromatic rings. The van der Waals surface area contributed by atoms with Crippen molar-refractivity contribution in [1.82, 2.24) is 0 Å². The topological polar surface area (TPSA) is 46.5 Å². The number of aliphatic carboxylic acids is 1. The Morgan fingerprint density at radius 1 is 1.47 bits per heavy atom. The molecule has 86 valence electrons. The third kappa shape index (κ3) is 1.78. The van der Waals surface area contributed by atoms with Gasteiger partial charge in [0.05, 0.1) is 12.0 Å². The first-order valence-corrected chi connectivity index (χ1v) is 5.79. The lowest BCUT2D eigenvalue weighted by molar-refractivity contribution is -0.140. The fraction of sp³-hybridized carbons (Fsp3) is 0.917. The molecule has 1 N–H and O–H groups in total. The van der Waals surface area contributed by atoms with Gasteiger partial charge in [-0.3, -0.25) is 4.79 Å². The van der Waals surface area contributed by atoms with Crippen LogP contribution in [0.1, 0.15) is 33.6 Å². The molecule has 0 spiro atoms. The molecule has 4 atom stereocenters. The molecule has 15 heavy (non-hydrogen) atoms. The minimum atomic E-state index is -0.660. The first-order valence-electron chi connectivity index (χ1n) is 5.79. The summed E-state index contributed by atoms with van der Waals surface area (Å²) in [7, 11) is 0. The van der Waals surface area contributed by atoms with E-state index >= 15 is 0 Å². The molecule has 2 rings (SSSR count). The summed E-state index contributed by atoms with van der Waals surface area (Å²) in [6.45, 7) is 7.10. The van der Waals surface area contributed by atoms with Crippen LogP contribution in [0.2, 0.25) is 0 Å². The van der Waals surface area contributed by atoms with Gasteiger partial charge in [0.1, 0.15) is 0 Å². The van der Waals surface area contributed by atoms with Crippen LogP contribution in [0.15, 0.2) is 0 Å².